The van der Waals surface area contributed by atoms with Gasteiger partial charge in [0.25, 0.3) is 0 Å². The Balaban J connectivity index is 1.84. The molecule has 0 bridgehead atoms. The van der Waals surface area contributed by atoms with Crippen molar-refractivity contribution in [2.75, 3.05) is 6.54 Å². The van der Waals surface area contributed by atoms with Crippen molar-refractivity contribution in [3.8, 4) is 0 Å². The third-order valence-electron chi connectivity index (χ3n) is 4.45. The van der Waals surface area contributed by atoms with Crippen LogP contribution >= 0.6 is 0 Å². The van der Waals surface area contributed by atoms with Crippen LogP contribution in [-0.4, -0.2) is 35.3 Å². The van der Waals surface area contributed by atoms with Crippen molar-refractivity contribution in [3.05, 3.63) is 0 Å². The summed E-state index contributed by atoms with van der Waals surface area (Å²) in [5.41, 5.74) is 0. The summed E-state index contributed by atoms with van der Waals surface area (Å²) in [4.78, 5) is 25.6. The Kier molecular flexibility index (Phi) is 5.23. The number of nitrogens with zero attached hydrogens (tertiary/aromatic N) is 1. The Morgan fingerprint density at radius 1 is 1.00 bits per heavy atom. The monoisotopic (exact) mass is 266 g/mol. The van der Waals surface area contributed by atoms with Crippen LogP contribution in [0.2, 0.25) is 0 Å². The Labute approximate surface area is 115 Å². The maximum absolute atomic E-state index is 12.1. The number of hydrogen-bond acceptors (Lipinski definition) is 2. The number of carbonyl (C=O) groups is 2. The fraction of sp³-hybridized carbons (Fsp3) is 0.867. The largest absolute Gasteiger partial charge is 0.352 e. The van der Waals surface area contributed by atoms with Crippen molar-refractivity contribution in [2.45, 2.75) is 76.8 Å². The zero-order chi connectivity index (χ0) is 13.7. The molecule has 0 saturated heterocycles. The van der Waals surface area contributed by atoms with E-state index in [1.54, 1.807) is 11.8 Å². The molecule has 2 aliphatic rings. The zero-order valence-corrected chi connectivity index (χ0v) is 12.0. The molecule has 2 rings (SSSR count). The average molecular weight is 266 g/mol. The Bertz CT molecular complexity index is 318. The molecule has 0 spiro atoms. The van der Waals surface area contributed by atoms with Gasteiger partial charge in [0.1, 0.15) is 0 Å². The standard InChI is InChI=1S/C15H26N2O2/c1-12(18)17(14-9-3-2-4-10-14)11-15(19)16-13-7-5-6-8-13/h13-14H,2-11H2,1H3,(H,16,19). The third kappa shape index (κ3) is 4.22. The summed E-state index contributed by atoms with van der Waals surface area (Å²) in [5, 5.41) is 3.07. The Morgan fingerprint density at radius 2 is 1.58 bits per heavy atom. The van der Waals surface area contributed by atoms with E-state index in [0.717, 1.165) is 25.7 Å². The van der Waals surface area contributed by atoms with Crippen molar-refractivity contribution < 1.29 is 9.59 Å². The van der Waals surface area contributed by atoms with Crippen LogP contribution in [0, 0.1) is 0 Å². The number of amides is 2. The second kappa shape index (κ2) is 6.92. The highest BCUT2D eigenvalue weighted by molar-refractivity contribution is 5.84. The SMILES string of the molecule is CC(=O)N(CC(=O)NC1CCCC1)C1CCCCC1. The quantitative estimate of drug-likeness (QED) is 0.848. The van der Waals surface area contributed by atoms with Gasteiger partial charge in [-0.1, -0.05) is 32.1 Å². The van der Waals surface area contributed by atoms with E-state index in [1.807, 2.05) is 0 Å². The Morgan fingerprint density at radius 3 is 2.16 bits per heavy atom. The molecule has 0 heterocycles. The van der Waals surface area contributed by atoms with Crippen molar-refractivity contribution in [1.29, 1.82) is 0 Å². The van der Waals surface area contributed by atoms with Crippen molar-refractivity contribution in [1.82, 2.24) is 10.2 Å². The minimum atomic E-state index is 0.0210. The average Bonchev–Trinajstić information content (AvgIpc) is 2.89. The summed E-state index contributed by atoms with van der Waals surface area (Å²) in [5.74, 6) is 0.0566. The van der Waals surface area contributed by atoms with Gasteiger partial charge in [0.05, 0.1) is 6.54 Å². The molecule has 2 amide bonds. The summed E-state index contributed by atoms with van der Waals surface area (Å²) in [6.45, 7) is 1.83. The molecule has 0 aromatic heterocycles. The van der Waals surface area contributed by atoms with Gasteiger partial charge in [0.2, 0.25) is 11.8 Å². The van der Waals surface area contributed by atoms with Crippen LogP contribution in [0.5, 0.6) is 0 Å². The van der Waals surface area contributed by atoms with Crippen LogP contribution in [0.3, 0.4) is 0 Å². The van der Waals surface area contributed by atoms with Gasteiger partial charge in [-0.15, -0.1) is 0 Å². The van der Waals surface area contributed by atoms with Crippen molar-refractivity contribution >= 4 is 11.8 Å². The third-order valence-corrected chi connectivity index (χ3v) is 4.45. The summed E-state index contributed by atoms with van der Waals surface area (Å²) in [6, 6.07) is 0.619. The molecule has 0 unspecified atom stereocenters. The van der Waals surface area contributed by atoms with Crippen LogP contribution < -0.4 is 5.32 Å². The maximum atomic E-state index is 12.1. The summed E-state index contributed by atoms with van der Waals surface area (Å²) in [6.07, 6.45) is 10.3. The van der Waals surface area contributed by atoms with E-state index < -0.39 is 0 Å². The van der Waals surface area contributed by atoms with Gasteiger partial charge in [0.15, 0.2) is 0 Å². The smallest absolute Gasteiger partial charge is 0.239 e. The number of nitrogens with one attached hydrogen (secondary N) is 1. The van der Waals surface area contributed by atoms with Crippen LogP contribution in [0.25, 0.3) is 0 Å². The van der Waals surface area contributed by atoms with E-state index >= 15 is 0 Å². The predicted octanol–water partition coefficient (Wildman–Crippen LogP) is 2.23. The first-order valence-corrected chi connectivity index (χ1v) is 7.73. The van der Waals surface area contributed by atoms with E-state index in [-0.39, 0.29) is 24.4 Å². The highest BCUT2D eigenvalue weighted by Gasteiger charge is 2.26. The molecule has 0 aromatic rings. The molecule has 2 saturated carbocycles. The molecule has 108 valence electrons. The van der Waals surface area contributed by atoms with E-state index in [1.165, 1.54) is 32.1 Å². The second-order valence-electron chi connectivity index (χ2n) is 5.99. The molecular formula is C15H26N2O2. The van der Waals surface area contributed by atoms with Crippen LogP contribution in [-0.2, 0) is 9.59 Å². The highest BCUT2D eigenvalue weighted by atomic mass is 16.2. The fourth-order valence-electron chi connectivity index (χ4n) is 3.39. The molecule has 4 heteroatoms. The molecule has 2 aliphatic carbocycles. The van der Waals surface area contributed by atoms with Gasteiger partial charge in [0, 0.05) is 19.0 Å². The van der Waals surface area contributed by atoms with E-state index in [0.29, 0.717) is 6.04 Å². The molecule has 0 aromatic carbocycles. The van der Waals surface area contributed by atoms with Crippen molar-refractivity contribution in [3.63, 3.8) is 0 Å². The van der Waals surface area contributed by atoms with Gasteiger partial charge in [-0.3, -0.25) is 9.59 Å². The van der Waals surface area contributed by atoms with E-state index in [2.05, 4.69) is 5.32 Å². The molecule has 0 radical (unpaired) electrons. The van der Waals surface area contributed by atoms with E-state index in [9.17, 15) is 9.59 Å². The van der Waals surface area contributed by atoms with Gasteiger partial charge < -0.3 is 10.2 Å². The maximum Gasteiger partial charge on any atom is 0.239 e. The molecular weight excluding hydrogens is 240 g/mol. The molecule has 19 heavy (non-hydrogen) atoms. The molecule has 4 nitrogen and oxygen atoms in total. The first kappa shape index (κ1) is 14.4. The first-order chi connectivity index (χ1) is 9.16. The fourth-order valence-corrected chi connectivity index (χ4v) is 3.39. The number of carbonyl (C=O) groups excluding carboxylic acids is 2. The lowest BCUT2D eigenvalue weighted by Gasteiger charge is -2.33. The lowest BCUT2D eigenvalue weighted by atomic mass is 9.94. The highest BCUT2D eigenvalue weighted by Crippen LogP contribution is 2.23. The summed E-state index contributed by atoms with van der Waals surface area (Å²) < 4.78 is 0. The van der Waals surface area contributed by atoms with E-state index in [4.69, 9.17) is 0 Å². The topological polar surface area (TPSA) is 49.4 Å². The number of hydrogen-bond donors (Lipinski definition) is 1. The summed E-state index contributed by atoms with van der Waals surface area (Å²) in [7, 11) is 0. The molecule has 2 fully saturated rings. The van der Waals surface area contributed by atoms with Crippen LogP contribution in [0.1, 0.15) is 64.7 Å². The van der Waals surface area contributed by atoms with Gasteiger partial charge >= 0.3 is 0 Å². The minimum absolute atomic E-state index is 0.0210. The first-order valence-electron chi connectivity index (χ1n) is 7.73. The van der Waals surface area contributed by atoms with Crippen LogP contribution in [0.4, 0.5) is 0 Å². The molecule has 1 N–H and O–H groups in total. The van der Waals surface area contributed by atoms with Gasteiger partial charge in [-0.2, -0.15) is 0 Å². The van der Waals surface area contributed by atoms with Crippen LogP contribution in [0.15, 0.2) is 0 Å². The normalized spacial score (nSPS) is 21.3. The second-order valence-corrected chi connectivity index (χ2v) is 5.99. The zero-order valence-electron chi connectivity index (χ0n) is 12.0. The molecule has 0 atom stereocenters. The summed E-state index contributed by atoms with van der Waals surface area (Å²) >= 11 is 0. The lowest BCUT2D eigenvalue weighted by molar-refractivity contribution is -0.137. The molecule has 0 aliphatic heterocycles. The van der Waals surface area contributed by atoms with Gasteiger partial charge in [-0.05, 0) is 25.7 Å². The van der Waals surface area contributed by atoms with Gasteiger partial charge in [-0.25, -0.2) is 0 Å². The minimum Gasteiger partial charge on any atom is -0.352 e. The van der Waals surface area contributed by atoms with Crippen molar-refractivity contribution in [2.24, 2.45) is 0 Å². The number of rotatable bonds is 4. The Hall–Kier alpha value is -1.06. The predicted molar refractivity (Wildman–Crippen MR) is 74.7 cm³/mol. The lowest BCUT2D eigenvalue weighted by Crippen LogP contribution is -2.47.